The van der Waals surface area contributed by atoms with Crippen LogP contribution in [0.5, 0.6) is 0 Å². The lowest BCUT2D eigenvalue weighted by Gasteiger charge is -2.16. The van der Waals surface area contributed by atoms with Gasteiger partial charge in [-0.1, -0.05) is 37.3 Å². The number of aromatic nitrogens is 2. The Bertz CT molecular complexity index is 698. The van der Waals surface area contributed by atoms with Gasteiger partial charge in [0.15, 0.2) is 0 Å². The van der Waals surface area contributed by atoms with Crippen LogP contribution >= 0.6 is 0 Å². The smallest absolute Gasteiger partial charge is 0.0671 e. The number of hydrogen-bond acceptors (Lipinski definition) is 2. The predicted molar refractivity (Wildman–Crippen MR) is 84.0 cm³/mol. The Morgan fingerprint density at radius 2 is 1.95 bits per heavy atom. The van der Waals surface area contributed by atoms with Crippen molar-refractivity contribution in [3.8, 4) is 0 Å². The summed E-state index contributed by atoms with van der Waals surface area (Å²) in [6, 6.07) is 15.2. The van der Waals surface area contributed by atoms with E-state index >= 15 is 0 Å². The van der Waals surface area contributed by atoms with Crippen LogP contribution in [0.1, 0.15) is 31.0 Å². The van der Waals surface area contributed by atoms with Gasteiger partial charge in [0.1, 0.15) is 0 Å². The lowest BCUT2D eigenvalue weighted by Crippen LogP contribution is -2.06. The van der Waals surface area contributed by atoms with E-state index in [1.54, 1.807) is 0 Å². The van der Waals surface area contributed by atoms with E-state index in [0.717, 1.165) is 23.0 Å². The van der Waals surface area contributed by atoms with E-state index in [4.69, 9.17) is 0 Å². The molecule has 0 spiro atoms. The van der Waals surface area contributed by atoms with E-state index in [0.29, 0.717) is 0 Å². The van der Waals surface area contributed by atoms with E-state index in [1.165, 1.54) is 11.1 Å². The zero-order valence-corrected chi connectivity index (χ0v) is 11.9. The highest BCUT2D eigenvalue weighted by atomic mass is 15.1. The summed E-state index contributed by atoms with van der Waals surface area (Å²) in [6.45, 7) is 4.36. The molecule has 102 valence electrons. The molecule has 1 atom stereocenters. The van der Waals surface area contributed by atoms with Crippen LogP contribution in [0.25, 0.3) is 10.9 Å². The lowest BCUT2D eigenvalue weighted by molar-refractivity contribution is 0.885. The van der Waals surface area contributed by atoms with Gasteiger partial charge < -0.3 is 5.32 Å². The number of hydrogen-bond donors (Lipinski definition) is 2. The van der Waals surface area contributed by atoms with E-state index < -0.39 is 0 Å². The van der Waals surface area contributed by atoms with Crippen molar-refractivity contribution < 1.29 is 0 Å². The first kappa shape index (κ1) is 12.7. The zero-order valence-electron chi connectivity index (χ0n) is 11.9. The number of anilines is 1. The van der Waals surface area contributed by atoms with Crippen LogP contribution in [0.4, 0.5) is 5.69 Å². The first-order valence-electron chi connectivity index (χ1n) is 7.05. The highest BCUT2D eigenvalue weighted by molar-refractivity contribution is 5.90. The van der Waals surface area contributed by atoms with Crippen molar-refractivity contribution in [1.29, 1.82) is 0 Å². The number of aromatic amines is 1. The molecule has 3 aromatic rings. The Morgan fingerprint density at radius 3 is 2.70 bits per heavy atom. The maximum Gasteiger partial charge on any atom is 0.0671 e. The molecule has 0 fully saturated rings. The van der Waals surface area contributed by atoms with Gasteiger partial charge in [0.25, 0.3) is 0 Å². The van der Waals surface area contributed by atoms with Crippen molar-refractivity contribution in [3.63, 3.8) is 0 Å². The summed E-state index contributed by atoms with van der Waals surface area (Å²) in [5.74, 6) is 0. The van der Waals surface area contributed by atoms with Gasteiger partial charge in [-0.05, 0) is 36.6 Å². The lowest BCUT2D eigenvalue weighted by atomic mass is 10.0. The van der Waals surface area contributed by atoms with E-state index in [-0.39, 0.29) is 6.04 Å². The first-order valence-corrected chi connectivity index (χ1v) is 7.05. The van der Waals surface area contributed by atoms with E-state index in [9.17, 15) is 0 Å². The maximum atomic E-state index is 4.10. The van der Waals surface area contributed by atoms with Crippen molar-refractivity contribution in [1.82, 2.24) is 10.2 Å². The van der Waals surface area contributed by atoms with Gasteiger partial charge in [0.2, 0.25) is 0 Å². The molecule has 0 saturated carbocycles. The highest BCUT2D eigenvalue weighted by Crippen LogP contribution is 2.25. The monoisotopic (exact) mass is 265 g/mol. The van der Waals surface area contributed by atoms with Crippen molar-refractivity contribution >= 4 is 16.6 Å². The molecule has 3 rings (SSSR count). The van der Waals surface area contributed by atoms with Crippen LogP contribution in [0.2, 0.25) is 0 Å². The minimum absolute atomic E-state index is 0.265. The van der Waals surface area contributed by atoms with Gasteiger partial charge in [-0.25, -0.2) is 0 Å². The Kier molecular flexibility index (Phi) is 3.42. The van der Waals surface area contributed by atoms with Crippen LogP contribution in [-0.2, 0) is 6.42 Å². The SMILES string of the molecule is CCc1ccc(C(C)Nc2cccc3[nH]ncc23)cc1. The molecule has 0 radical (unpaired) electrons. The second kappa shape index (κ2) is 5.37. The molecule has 2 N–H and O–H groups in total. The normalized spacial score (nSPS) is 12.5. The molecule has 0 saturated heterocycles. The molecular weight excluding hydrogens is 246 g/mol. The zero-order chi connectivity index (χ0) is 13.9. The molecule has 20 heavy (non-hydrogen) atoms. The average Bonchev–Trinajstić information content (AvgIpc) is 2.97. The number of nitrogens with zero attached hydrogens (tertiary/aromatic N) is 1. The number of rotatable bonds is 4. The third kappa shape index (κ3) is 2.39. The number of fused-ring (bicyclic) bond motifs is 1. The summed E-state index contributed by atoms with van der Waals surface area (Å²) in [6.07, 6.45) is 2.95. The number of aryl methyl sites for hydroxylation is 1. The average molecular weight is 265 g/mol. The molecule has 0 aliphatic heterocycles. The second-order valence-electron chi connectivity index (χ2n) is 5.10. The van der Waals surface area contributed by atoms with Crippen LogP contribution in [0.3, 0.4) is 0 Å². The van der Waals surface area contributed by atoms with Crippen LogP contribution in [0, 0.1) is 0 Å². The Labute approximate surface area is 119 Å². The van der Waals surface area contributed by atoms with Crippen molar-refractivity contribution in [2.75, 3.05) is 5.32 Å². The fraction of sp³-hybridized carbons (Fsp3) is 0.235. The van der Waals surface area contributed by atoms with Crippen molar-refractivity contribution in [2.45, 2.75) is 26.3 Å². The van der Waals surface area contributed by atoms with Gasteiger partial charge in [0, 0.05) is 17.1 Å². The van der Waals surface area contributed by atoms with Gasteiger partial charge in [-0.15, -0.1) is 0 Å². The van der Waals surface area contributed by atoms with Crippen LogP contribution in [-0.4, -0.2) is 10.2 Å². The molecule has 0 bridgehead atoms. The molecule has 0 aliphatic rings. The summed E-state index contributed by atoms with van der Waals surface area (Å²) in [4.78, 5) is 0. The van der Waals surface area contributed by atoms with E-state index in [2.05, 4.69) is 59.7 Å². The van der Waals surface area contributed by atoms with Gasteiger partial charge in [-0.3, -0.25) is 5.10 Å². The minimum atomic E-state index is 0.265. The molecule has 3 heteroatoms. The fourth-order valence-corrected chi connectivity index (χ4v) is 2.45. The highest BCUT2D eigenvalue weighted by Gasteiger charge is 2.08. The quantitative estimate of drug-likeness (QED) is 0.738. The number of benzene rings is 2. The Hall–Kier alpha value is -2.29. The topological polar surface area (TPSA) is 40.7 Å². The fourth-order valence-electron chi connectivity index (χ4n) is 2.45. The standard InChI is InChI=1S/C17H19N3/c1-3-13-7-9-14(10-8-13)12(2)19-16-5-4-6-17-15(16)11-18-20-17/h4-12,19H,3H2,1-2H3,(H,18,20). The molecule has 1 heterocycles. The first-order chi connectivity index (χ1) is 9.78. The van der Waals surface area contributed by atoms with Gasteiger partial charge >= 0.3 is 0 Å². The van der Waals surface area contributed by atoms with Gasteiger partial charge in [-0.2, -0.15) is 5.10 Å². The summed E-state index contributed by atoms with van der Waals surface area (Å²) in [5.41, 5.74) is 4.84. The van der Waals surface area contributed by atoms with Gasteiger partial charge in [0.05, 0.1) is 11.7 Å². The second-order valence-corrected chi connectivity index (χ2v) is 5.10. The van der Waals surface area contributed by atoms with Crippen LogP contribution < -0.4 is 5.32 Å². The summed E-state index contributed by atoms with van der Waals surface area (Å²) >= 11 is 0. The third-order valence-corrected chi connectivity index (χ3v) is 3.74. The molecule has 3 nitrogen and oxygen atoms in total. The summed E-state index contributed by atoms with van der Waals surface area (Å²) in [5, 5.41) is 11.8. The Morgan fingerprint density at radius 1 is 1.15 bits per heavy atom. The van der Waals surface area contributed by atoms with Crippen LogP contribution in [0.15, 0.2) is 48.7 Å². The molecule has 1 aromatic heterocycles. The largest absolute Gasteiger partial charge is 0.378 e. The molecular formula is C17H19N3. The maximum absolute atomic E-state index is 4.10. The third-order valence-electron chi connectivity index (χ3n) is 3.74. The number of nitrogens with one attached hydrogen (secondary N) is 2. The molecule has 2 aromatic carbocycles. The van der Waals surface area contributed by atoms with Crippen molar-refractivity contribution in [2.24, 2.45) is 0 Å². The summed E-state index contributed by atoms with van der Waals surface area (Å²) < 4.78 is 0. The molecule has 0 aliphatic carbocycles. The minimum Gasteiger partial charge on any atom is -0.378 e. The molecule has 0 amide bonds. The van der Waals surface area contributed by atoms with E-state index in [1.807, 2.05) is 18.3 Å². The summed E-state index contributed by atoms with van der Waals surface area (Å²) in [7, 11) is 0. The predicted octanol–water partition coefficient (Wildman–Crippen LogP) is 4.30. The molecule has 1 unspecified atom stereocenters. The Balaban J connectivity index is 1.84. The number of H-pyrrole nitrogens is 1. The van der Waals surface area contributed by atoms with Crippen molar-refractivity contribution in [3.05, 3.63) is 59.8 Å².